The topological polar surface area (TPSA) is 48.5 Å². The summed E-state index contributed by atoms with van der Waals surface area (Å²) in [7, 11) is 1.86. The lowest BCUT2D eigenvalue weighted by Crippen LogP contribution is -2.19. The van der Waals surface area contributed by atoms with E-state index in [0.29, 0.717) is 12.3 Å². The lowest BCUT2D eigenvalue weighted by molar-refractivity contribution is 0.337. The molecule has 0 fully saturated rings. The second-order valence-corrected chi connectivity index (χ2v) is 8.32. The van der Waals surface area contributed by atoms with E-state index in [1.807, 2.05) is 62.0 Å². The van der Waals surface area contributed by atoms with Gasteiger partial charge in [0.1, 0.15) is 5.75 Å². The van der Waals surface area contributed by atoms with Gasteiger partial charge in [0, 0.05) is 22.4 Å². The van der Waals surface area contributed by atoms with Crippen LogP contribution in [0.15, 0.2) is 52.3 Å². The van der Waals surface area contributed by atoms with Crippen molar-refractivity contribution in [2.45, 2.75) is 13.8 Å². The van der Waals surface area contributed by atoms with Crippen LogP contribution < -0.4 is 10.3 Å². The molecule has 2 aromatic carbocycles. The fourth-order valence-electron chi connectivity index (χ4n) is 2.81. The van der Waals surface area contributed by atoms with E-state index in [4.69, 9.17) is 4.74 Å². The fraction of sp³-hybridized carbons (Fsp3) is 0.200. The first-order valence-electron chi connectivity index (χ1n) is 8.44. The summed E-state index contributed by atoms with van der Waals surface area (Å²) < 4.78 is 11.3. The minimum Gasteiger partial charge on any atom is -0.492 e. The van der Waals surface area contributed by atoms with Gasteiger partial charge in [-0.25, -0.2) is 9.67 Å². The Morgan fingerprint density at radius 3 is 2.56 bits per heavy atom. The molecule has 140 valence electrons. The van der Waals surface area contributed by atoms with Crippen molar-refractivity contribution in [3.05, 3.63) is 71.2 Å². The summed E-state index contributed by atoms with van der Waals surface area (Å²) in [4.78, 5) is 17.5. The normalized spacial score (nSPS) is 11.3. The first kappa shape index (κ1) is 20.1. The van der Waals surface area contributed by atoms with Crippen molar-refractivity contribution in [2.75, 3.05) is 6.61 Å². The lowest BCUT2D eigenvalue weighted by atomic mass is 10.2. The van der Waals surface area contributed by atoms with Crippen LogP contribution in [0.4, 0.5) is 5.69 Å². The summed E-state index contributed by atoms with van der Waals surface area (Å²) in [6, 6.07) is 13.6. The number of ether oxygens (including phenoxy) is 1. The van der Waals surface area contributed by atoms with Crippen molar-refractivity contribution in [3.8, 4) is 11.4 Å². The molecular weight excluding hydrogens is 568 g/mol. The van der Waals surface area contributed by atoms with Crippen LogP contribution in [0, 0.1) is 14.1 Å². The maximum Gasteiger partial charge on any atom is 0.297 e. The molecule has 1 aromatic heterocycles. The molecule has 0 aliphatic heterocycles. The highest BCUT2D eigenvalue weighted by molar-refractivity contribution is 14.1. The van der Waals surface area contributed by atoms with Gasteiger partial charge in [0.05, 0.1) is 21.6 Å². The number of hydrogen-bond acceptors (Lipinski definition) is 3. The van der Waals surface area contributed by atoms with E-state index in [0.717, 1.165) is 29.8 Å². The Balaban J connectivity index is 2.09. The highest BCUT2D eigenvalue weighted by Gasteiger charge is 2.15. The van der Waals surface area contributed by atoms with Gasteiger partial charge in [-0.15, -0.1) is 0 Å². The van der Waals surface area contributed by atoms with Crippen LogP contribution in [-0.4, -0.2) is 22.2 Å². The Bertz CT molecular complexity index is 1050. The number of aromatic nitrogens is 2. The van der Waals surface area contributed by atoms with Gasteiger partial charge in [0.2, 0.25) is 0 Å². The van der Waals surface area contributed by atoms with E-state index >= 15 is 0 Å². The van der Waals surface area contributed by atoms with Gasteiger partial charge in [-0.3, -0.25) is 9.48 Å². The molecule has 0 unspecified atom stereocenters. The average Bonchev–Trinajstić information content (AvgIpc) is 2.85. The third kappa shape index (κ3) is 4.13. The molecule has 3 rings (SSSR count). The van der Waals surface area contributed by atoms with Crippen molar-refractivity contribution in [2.24, 2.45) is 12.0 Å². The third-order valence-electron chi connectivity index (χ3n) is 4.18. The number of para-hydroxylation sites is 1. The standard InChI is InChI=1S/C20H19I2N3O2/c1-4-27-19-14(10-15(21)11-17(19)22)12-23-18-13(2)24(3)25(20(18)26)16-8-6-5-7-9-16/h5-12H,4H2,1-3H3. The summed E-state index contributed by atoms with van der Waals surface area (Å²) in [6.45, 7) is 4.42. The minimum absolute atomic E-state index is 0.143. The highest BCUT2D eigenvalue weighted by atomic mass is 127. The fourth-order valence-corrected chi connectivity index (χ4v) is 4.86. The van der Waals surface area contributed by atoms with Crippen molar-refractivity contribution < 1.29 is 4.74 Å². The van der Waals surface area contributed by atoms with Crippen LogP contribution in [-0.2, 0) is 7.05 Å². The van der Waals surface area contributed by atoms with Gasteiger partial charge < -0.3 is 4.74 Å². The second-order valence-electron chi connectivity index (χ2n) is 5.91. The minimum atomic E-state index is -0.143. The van der Waals surface area contributed by atoms with Crippen molar-refractivity contribution in [1.29, 1.82) is 0 Å². The van der Waals surface area contributed by atoms with Crippen LogP contribution >= 0.6 is 45.2 Å². The van der Waals surface area contributed by atoms with E-state index in [2.05, 4.69) is 56.2 Å². The first-order chi connectivity index (χ1) is 12.9. The van der Waals surface area contributed by atoms with Crippen LogP contribution in [0.2, 0.25) is 0 Å². The average molecular weight is 587 g/mol. The van der Waals surface area contributed by atoms with Gasteiger partial charge in [-0.2, -0.15) is 0 Å². The summed E-state index contributed by atoms with van der Waals surface area (Å²) in [5.41, 5.74) is 2.77. The molecule has 0 atom stereocenters. The van der Waals surface area contributed by atoms with Crippen LogP contribution in [0.3, 0.4) is 0 Å². The molecule has 0 saturated carbocycles. The van der Waals surface area contributed by atoms with Gasteiger partial charge >= 0.3 is 0 Å². The Morgan fingerprint density at radius 2 is 1.89 bits per heavy atom. The van der Waals surface area contributed by atoms with E-state index in [-0.39, 0.29) is 5.56 Å². The molecule has 0 N–H and O–H groups in total. The Kier molecular flexibility index (Phi) is 6.40. The molecule has 0 bridgehead atoms. The maximum atomic E-state index is 13.0. The molecule has 7 heteroatoms. The summed E-state index contributed by atoms with van der Waals surface area (Å²) in [6.07, 6.45) is 1.72. The zero-order valence-electron chi connectivity index (χ0n) is 15.2. The van der Waals surface area contributed by atoms with E-state index in [1.54, 1.807) is 10.9 Å². The van der Waals surface area contributed by atoms with E-state index in [9.17, 15) is 4.79 Å². The third-order valence-corrected chi connectivity index (χ3v) is 5.61. The SMILES string of the molecule is CCOc1c(I)cc(I)cc1C=Nc1c(C)n(C)n(-c2ccccc2)c1=O. The zero-order chi connectivity index (χ0) is 19.6. The molecule has 27 heavy (non-hydrogen) atoms. The van der Waals surface area contributed by atoms with Gasteiger partial charge in [-0.05, 0) is 83.3 Å². The molecule has 5 nitrogen and oxygen atoms in total. The van der Waals surface area contributed by atoms with E-state index < -0.39 is 0 Å². The van der Waals surface area contributed by atoms with Crippen molar-refractivity contribution in [1.82, 2.24) is 9.36 Å². The Morgan fingerprint density at radius 1 is 1.19 bits per heavy atom. The molecular formula is C20H19I2N3O2. The Labute approximate surface area is 185 Å². The summed E-state index contributed by atoms with van der Waals surface area (Å²) in [5, 5.41) is 0. The quantitative estimate of drug-likeness (QED) is 0.317. The maximum absolute atomic E-state index is 13.0. The number of halogens is 2. The molecule has 0 aliphatic rings. The van der Waals surface area contributed by atoms with Gasteiger partial charge in [-0.1, -0.05) is 18.2 Å². The number of nitrogens with zero attached hydrogens (tertiary/aromatic N) is 3. The van der Waals surface area contributed by atoms with E-state index in [1.165, 1.54) is 0 Å². The van der Waals surface area contributed by atoms with Crippen molar-refractivity contribution in [3.63, 3.8) is 0 Å². The van der Waals surface area contributed by atoms with Crippen LogP contribution in [0.1, 0.15) is 18.2 Å². The molecule has 3 aromatic rings. The second kappa shape index (κ2) is 8.59. The number of aliphatic imine (C=N–C) groups is 1. The smallest absolute Gasteiger partial charge is 0.297 e. The lowest BCUT2D eigenvalue weighted by Gasteiger charge is -2.10. The monoisotopic (exact) mass is 587 g/mol. The first-order valence-corrected chi connectivity index (χ1v) is 10.6. The molecule has 1 heterocycles. The number of rotatable bonds is 5. The predicted octanol–water partition coefficient (Wildman–Crippen LogP) is 4.84. The van der Waals surface area contributed by atoms with Gasteiger partial charge in [0.25, 0.3) is 5.56 Å². The number of benzene rings is 2. The zero-order valence-corrected chi connectivity index (χ0v) is 19.6. The summed E-state index contributed by atoms with van der Waals surface area (Å²) in [5.74, 6) is 0.791. The largest absolute Gasteiger partial charge is 0.492 e. The molecule has 0 saturated heterocycles. The predicted molar refractivity (Wildman–Crippen MR) is 126 cm³/mol. The molecule has 0 amide bonds. The Hall–Kier alpha value is -1.62. The van der Waals surface area contributed by atoms with Crippen LogP contribution in [0.25, 0.3) is 5.69 Å². The highest BCUT2D eigenvalue weighted by Crippen LogP contribution is 2.28. The van der Waals surface area contributed by atoms with Crippen molar-refractivity contribution >= 4 is 57.1 Å². The van der Waals surface area contributed by atoms with Crippen LogP contribution in [0.5, 0.6) is 5.75 Å². The molecule has 0 spiro atoms. The molecule has 0 aliphatic carbocycles. The summed E-state index contributed by atoms with van der Waals surface area (Å²) >= 11 is 4.53. The van der Waals surface area contributed by atoms with Gasteiger partial charge in [0.15, 0.2) is 5.69 Å². The molecule has 0 radical (unpaired) electrons. The number of hydrogen-bond donors (Lipinski definition) is 0.